The third-order valence-corrected chi connectivity index (χ3v) is 3.12. The molecule has 0 saturated carbocycles. The number of amides is 2. The summed E-state index contributed by atoms with van der Waals surface area (Å²) in [5, 5.41) is 4.87. The Morgan fingerprint density at radius 3 is 2.08 bits per heavy atom. The molecule has 0 aliphatic heterocycles. The van der Waals surface area contributed by atoms with Crippen LogP contribution in [0, 0.1) is 0 Å². The van der Waals surface area contributed by atoms with E-state index in [1.165, 1.54) is 0 Å². The quantitative estimate of drug-likeness (QED) is 0.751. The van der Waals surface area contributed by atoms with Crippen molar-refractivity contribution in [3.05, 3.63) is 71.8 Å². The van der Waals surface area contributed by atoms with E-state index >= 15 is 0 Å². The molecule has 2 aromatic rings. The van der Waals surface area contributed by atoms with E-state index in [0.29, 0.717) is 5.56 Å². The van der Waals surface area contributed by atoms with Crippen LogP contribution in [0.3, 0.4) is 0 Å². The van der Waals surface area contributed by atoms with E-state index in [4.69, 9.17) is 4.74 Å². The molecule has 0 aliphatic rings. The Kier molecular flexibility index (Phi) is 6.52. The van der Waals surface area contributed by atoms with Crippen LogP contribution in [0.15, 0.2) is 60.7 Å². The smallest absolute Gasteiger partial charge is 0.325 e. The normalized spacial score (nSPS) is 9.83. The first-order valence-corrected chi connectivity index (χ1v) is 7.44. The zero-order valence-corrected chi connectivity index (χ0v) is 13.0. The van der Waals surface area contributed by atoms with Crippen LogP contribution in [-0.2, 0) is 20.9 Å². The van der Waals surface area contributed by atoms with Crippen LogP contribution in [0.5, 0.6) is 0 Å². The molecule has 0 aromatic heterocycles. The lowest BCUT2D eigenvalue weighted by atomic mass is 10.2. The van der Waals surface area contributed by atoms with Crippen molar-refractivity contribution in [3.8, 4) is 0 Å². The topological polar surface area (TPSA) is 84.5 Å². The molecule has 24 heavy (non-hydrogen) atoms. The summed E-state index contributed by atoms with van der Waals surface area (Å²) in [5.74, 6) is -1.35. The molecule has 0 unspecified atom stereocenters. The molecule has 2 amide bonds. The molecular weight excluding hydrogens is 308 g/mol. The second-order valence-corrected chi connectivity index (χ2v) is 4.97. The second kappa shape index (κ2) is 9.09. The molecule has 0 heterocycles. The van der Waals surface area contributed by atoms with Gasteiger partial charge in [-0.3, -0.25) is 14.4 Å². The van der Waals surface area contributed by atoms with Gasteiger partial charge in [0, 0.05) is 5.56 Å². The molecule has 0 fully saturated rings. The predicted molar refractivity (Wildman–Crippen MR) is 88.0 cm³/mol. The van der Waals surface area contributed by atoms with Gasteiger partial charge in [0.15, 0.2) is 0 Å². The van der Waals surface area contributed by atoms with Gasteiger partial charge in [-0.2, -0.15) is 0 Å². The summed E-state index contributed by atoms with van der Waals surface area (Å²) in [6.07, 6.45) is 0. The third kappa shape index (κ3) is 5.92. The Labute approximate surface area is 139 Å². The number of carbonyl (C=O) groups is 3. The van der Waals surface area contributed by atoms with E-state index in [0.717, 1.165) is 5.56 Å². The summed E-state index contributed by atoms with van der Waals surface area (Å²) < 4.78 is 5.03. The zero-order chi connectivity index (χ0) is 17.2. The molecule has 0 radical (unpaired) electrons. The van der Waals surface area contributed by atoms with Crippen LogP contribution < -0.4 is 10.6 Å². The summed E-state index contributed by atoms with van der Waals surface area (Å²) in [4.78, 5) is 34.9. The first-order valence-electron chi connectivity index (χ1n) is 7.44. The number of rotatable bonds is 7. The van der Waals surface area contributed by atoms with Crippen molar-refractivity contribution in [2.45, 2.75) is 6.61 Å². The molecule has 0 bridgehead atoms. The van der Waals surface area contributed by atoms with Crippen molar-refractivity contribution in [2.75, 3.05) is 13.1 Å². The van der Waals surface area contributed by atoms with Crippen LogP contribution in [0.4, 0.5) is 0 Å². The van der Waals surface area contributed by atoms with Crippen molar-refractivity contribution < 1.29 is 19.1 Å². The molecule has 0 saturated heterocycles. The SMILES string of the molecule is O=C(CNC(=O)c1ccccc1)NCC(=O)OCc1ccccc1. The monoisotopic (exact) mass is 326 g/mol. The number of benzene rings is 2. The van der Waals surface area contributed by atoms with Crippen LogP contribution in [0.25, 0.3) is 0 Å². The highest BCUT2D eigenvalue weighted by Crippen LogP contribution is 2.00. The van der Waals surface area contributed by atoms with Crippen molar-refractivity contribution >= 4 is 17.8 Å². The molecule has 2 aromatic carbocycles. The maximum Gasteiger partial charge on any atom is 0.325 e. The fourth-order valence-electron chi connectivity index (χ4n) is 1.87. The summed E-state index contributed by atoms with van der Waals surface area (Å²) in [7, 11) is 0. The molecule has 0 atom stereocenters. The minimum atomic E-state index is -0.540. The Bertz CT molecular complexity index is 687. The van der Waals surface area contributed by atoms with Gasteiger partial charge in [0.25, 0.3) is 5.91 Å². The van der Waals surface area contributed by atoms with Gasteiger partial charge in [0.05, 0.1) is 6.54 Å². The average Bonchev–Trinajstić information content (AvgIpc) is 2.64. The fourth-order valence-corrected chi connectivity index (χ4v) is 1.87. The Morgan fingerprint density at radius 2 is 1.42 bits per heavy atom. The van der Waals surface area contributed by atoms with E-state index < -0.39 is 11.9 Å². The minimum absolute atomic E-state index is 0.153. The van der Waals surface area contributed by atoms with E-state index in [1.807, 2.05) is 30.3 Å². The number of carbonyl (C=O) groups excluding carboxylic acids is 3. The fraction of sp³-hybridized carbons (Fsp3) is 0.167. The van der Waals surface area contributed by atoms with E-state index in [-0.39, 0.29) is 25.6 Å². The average molecular weight is 326 g/mol. The molecule has 6 nitrogen and oxygen atoms in total. The van der Waals surface area contributed by atoms with Gasteiger partial charge in [-0.25, -0.2) is 0 Å². The molecule has 0 spiro atoms. The Morgan fingerprint density at radius 1 is 0.792 bits per heavy atom. The number of ether oxygens (including phenoxy) is 1. The number of hydrogen-bond donors (Lipinski definition) is 2. The third-order valence-electron chi connectivity index (χ3n) is 3.12. The highest BCUT2D eigenvalue weighted by molar-refractivity contribution is 5.96. The van der Waals surface area contributed by atoms with E-state index in [9.17, 15) is 14.4 Å². The van der Waals surface area contributed by atoms with E-state index in [2.05, 4.69) is 10.6 Å². The zero-order valence-electron chi connectivity index (χ0n) is 13.0. The number of nitrogens with one attached hydrogen (secondary N) is 2. The molecule has 2 rings (SSSR count). The van der Waals surface area contributed by atoms with Gasteiger partial charge in [0.1, 0.15) is 13.2 Å². The number of esters is 1. The van der Waals surface area contributed by atoms with Gasteiger partial charge in [-0.05, 0) is 17.7 Å². The lowest BCUT2D eigenvalue weighted by Crippen LogP contribution is -2.39. The first kappa shape index (κ1) is 17.2. The summed E-state index contributed by atoms with van der Waals surface area (Å²) in [6.45, 7) is -0.299. The van der Waals surface area contributed by atoms with Crippen molar-refractivity contribution in [3.63, 3.8) is 0 Å². The molecule has 2 N–H and O–H groups in total. The van der Waals surface area contributed by atoms with Gasteiger partial charge < -0.3 is 15.4 Å². The van der Waals surface area contributed by atoms with Crippen molar-refractivity contribution in [1.29, 1.82) is 0 Å². The van der Waals surface area contributed by atoms with Gasteiger partial charge >= 0.3 is 5.97 Å². The van der Waals surface area contributed by atoms with Crippen LogP contribution in [0.1, 0.15) is 15.9 Å². The Hall–Kier alpha value is -3.15. The Balaban J connectivity index is 1.64. The first-order chi connectivity index (χ1) is 11.6. The molecule has 0 aliphatic carbocycles. The van der Waals surface area contributed by atoms with Crippen molar-refractivity contribution in [1.82, 2.24) is 10.6 Å². The largest absolute Gasteiger partial charge is 0.460 e. The van der Waals surface area contributed by atoms with E-state index in [1.54, 1.807) is 30.3 Å². The van der Waals surface area contributed by atoms with Crippen molar-refractivity contribution in [2.24, 2.45) is 0 Å². The standard InChI is InChI=1S/C18H18N2O4/c21-16(11-20-18(23)15-9-5-2-6-10-15)19-12-17(22)24-13-14-7-3-1-4-8-14/h1-10H,11-13H2,(H,19,21)(H,20,23). The maximum absolute atomic E-state index is 11.8. The minimum Gasteiger partial charge on any atom is -0.460 e. The van der Waals surface area contributed by atoms with Gasteiger partial charge in [0.2, 0.25) is 5.91 Å². The number of hydrogen-bond acceptors (Lipinski definition) is 4. The molecule has 124 valence electrons. The molecular formula is C18H18N2O4. The van der Waals surface area contributed by atoms with Crippen LogP contribution >= 0.6 is 0 Å². The lowest BCUT2D eigenvalue weighted by Gasteiger charge is -2.08. The van der Waals surface area contributed by atoms with Crippen LogP contribution in [-0.4, -0.2) is 30.9 Å². The summed E-state index contributed by atoms with van der Waals surface area (Å²) in [6, 6.07) is 17.8. The summed E-state index contributed by atoms with van der Waals surface area (Å²) >= 11 is 0. The lowest BCUT2D eigenvalue weighted by molar-refractivity contribution is -0.145. The highest BCUT2D eigenvalue weighted by Gasteiger charge is 2.09. The van der Waals surface area contributed by atoms with Gasteiger partial charge in [-0.1, -0.05) is 48.5 Å². The predicted octanol–water partition coefficient (Wildman–Crippen LogP) is 1.28. The van der Waals surface area contributed by atoms with Crippen LogP contribution in [0.2, 0.25) is 0 Å². The highest BCUT2D eigenvalue weighted by atomic mass is 16.5. The maximum atomic E-state index is 11.8. The van der Waals surface area contributed by atoms with Gasteiger partial charge in [-0.15, -0.1) is 0 Å². The second-order valence-electron chi connectivity index (χ2n) is 4.97. The summed E-state index contributed by atoms with van der Waals surface area (Å²) in [5.41, 5.74) is 1.33. The molecule has 6 heteroatoms.